The fourth-order valence-corrected chi connectivity index (χ4v) is 5.40. The third-order valence-corrected chi connectivity index (χ3v) is 12.3. The van der Waals surface area contributed by atoms with Gasteiger partial charge in [-0.3, -0.25) is 4.79 Å². The number of nitrogens with zero attached hydrogens (tertiary/aromatic N) is 2. The van der Waals surface area contributed by atoms with Crippen LogP contribution < -0.4 is 14.5 Å². The van der Waals surface area contributed by atoms with Gasteiger partial charge in [0.05, 0.1) is 19.3 Å². The molecule has 2 aromatic rings. The van der Waals surface area contributed by atoms with Gasteiger partial charge in [-0.1, -0.05) is 25.9 Å². The largest absolute Gasteiger partial charge is 0.543 e. The molecule has 1 unspecified atom stereocenters. The lowest BCUT2D eigenvalue weighted by Gasteiger charge is -2.37. The van der Waals surface area contributed by atoms with Crippen LogP contribution in [-0.2, 0) is 20.0 Å². The summed E-state index contributed by atoms with van der Waals surface area (Å²) >= 11 is 5.85. The smallest absolute Gasteiger partial charge is 0.339 e. The Morgan fingerprint density at radius 2 is 1.87 bits per heavy atom. The summed E-state index contributed by atoms with van der Waals surface area (Å²) in [5, 5.41) is 5.63. The Balaban J connectivity index is 2.26. The SMILES string of the molecule is COCCOC(=O)c1c(C)c(OC)cc(O[Si](C)(C)C(C)(C)C)c1CSCCNC(=O)C(S)c1nc(C)no1. The number of ether oxygens (including phenoxy) is 3. The van der Waals surface area contributed by atoms with E-state index >= 15 is 0 Å². The predicted octanol–water partition coefficient (Wildman–Crippen LogP) is 4.90. The Morgan fingerprint density at radius 3 is 2.44 bits per heavy atom. The molecule has 13 heteroatoms. The number of carbonyl (C=O) groups is 2. The first-order valence-corrected chi connectivity index (χ1v) is 17.2. The zero-order valence-electron chi connectivity index (χ0n) is 24.3. The molecule has 0 aliphatic heterocycles. The minimum atomic E-state index is -2.25. The molecule has 0 aliphatic carbocycles. The van der Waals surface area contributed by atoms with Crippen molar-refractivity contribution >= 4 is 44.6 Å². The van der Waals surface area contributed by atoms with Gasteiger partial charge in [0.2, 0.25) is 20.1 Å². The number of hydrogen-bond donors (Lipinski definition) is 2. The molecule has 0 bridgehead atoms. The summed E-state index contributed by atoms with van der Waals surface area (Å²) in [5.41, 5.74) is 1.85. The normalized spacial score (nSPS) is 12.7. The van der Waals surface area contributed by atoms with Crippen molar-refractivity contribution in [1.29, 1.82) is 0 Å². The lowest BCUT2D eigenvalue weighted by Crippen LogP contribution is -2.44. The van der Waals surface area contributed by atoms with Crippen LogP contribution in [0.15, 0.2) is 10.6 Å². The molecule has 0 fully saturated rings. The van der Waals surface area contributed by atoms with Gasteiger partial charge in [-0.2, -0.15) is 29.4 Å². The number of methoxy groups -OCH3 is 2. The average Bonchev–Trinajstić information content (AvgIpc) is 3.29. The van der Waals surface area contributed by atoms with Crippen molar-refractivity contribution in [3.8, 4) is 11.5 Å². The molecule has 0 aliphatic rings. The topological polar surface area (TPSA) is 122 Å². The molecule has 2 rings (SSSR count). The van der Waals surface area contributed by atoms with Gasteiger partial charge >= 0.3 is 5.97 Å². The Morgan fingerprint density at radius 1 is 1.18 bits per heavy atom. The highest BCUT2D eigenvalue weighted by Crippen LogP contribution is 2.42. The van der Waals surface area contributed by atoms with Gasteiger partial charge in [-0.05, 0) is 32.0 Å². The maximum atomic E-state index is 13.3. The number of esters is 1. The Labute approximate surface area is 241 Å². The van der Waals surface area contributed by atoms with Crippen LogP contribution >= 0.6 is 24.4 Å². The van der Waals surface area contributed by atoms with E-state index in [0.29, 0.717) is 53.1 Å². The zero-order valence-corrected chi connectivity index (χ0v) is 27.0. The summed E-state index contributed by atoms with van der Waals surface area (Å²) in [6, 6.07) is 1.86. The average molecular weight is 600 g/mol. The van der Waals surface area contributed by atoms with Gasteiger partial charge in [0, 0.05) is 42.4 Å². The molecule has 39 heavy (non-hydrogen) atoms. The molecule has 0 spiro atoms. The molecule has 0 saturated carbocycles. The van der Waals surface area contributed by atoms with E-state index in [1.165, 1.54) is 0 Å². The van der Waals surface area contributed by atoms with Crippen LogP contribution in [0.25, 0.3) is 0 Å². The number of carbonyl (C=O) groups excluding carboxylic acids is 2. The maximum Gasteiger partial charge on any atom is 0.339 e. The van der Waals surface area contributed by atoms with Crippen molar-refractivity contribution in [2.24, 2.45) is 0 Å². The van der Waals surface area contributed by atoms with Crippen LogP contribution in [0, 0.1) is 13.8 Å². The van der Waals surface area contributed by atoms with E-state index in [1.807, 2.05) is 13.0 Å². The molecular weight excluding hydrogens is 559 g/mol. The van der Waals surface area contributed by atoms with E-state index < -0.39 is 19.5 Å². The van der Waals surface area contributed by atoms with Gasteiger partial charge in [0.1, 0.15) is 18.1 Å². The predicted molar refractivity (Wildman–Crippen MR) is 158 cm³/mol. The van der Waals surface area contributed by atoms with Crippen LogP contribution in [-0.4, -0.2) is 70.1 Å². The van der Waals surface area contributed by atoms with Crippen molar-refractivity contribution in [3.05, 3.63) is 34.5 Å². The quantitative estimate of drug-likeness (QED) is 0.134. The molecule has 0 radical (unpaired) electrons. The molecule has 10 nitrogen and oxygen atoms in total. The summed E-state index contributed by atoms with van der Waals surface area (Å²) < 4.78 is 27.9. The molecular formula is C26H41N3O7S2Si. The Hall–Kier alpha value is -2.22. The highest BCUT2D eigenvalue weighted by Gasteiger charge is 2.40. The molecule has 1 atom stereocenters. The van der Waals surface area contributed by atoms with Crippen molar-refractivity contribution in [3.63, 3.8) is 0 Å². The fourth-order valence-electron chi connectivity index (χ4n) is 3.28. The van der Waals surface area contributed by atoms with Gasteiger partial charge in [0.15, 0.2) is 11.1 Å². The first-order chi connectivity index (χ1) is 18.2. The molecule has 1 N–H and O–H groups in total. The number of rotatable bonds is 14. The Bertz CT molecular complexity index is 1140. The first-order valence-electron chi connectivity index (χ1n) is 12.6. The number of nitrogens with one attached hydrogen (secondary N) is 1. The lowest BCUT2D eigenvalue weighted by atomic mass is 10.0. The number of aromatic nitrogens is 2. The number of thiol groups is 1. The lowest BCUT2D eigenvalue weighted by molar-refractivity contribution is -0.120. The summed E-state index contributed by atoms with van der Waals surface area (Å²) in [5.74, 6) is 2.02. The fraction of sp³-hybridized carbons (Fsp3) is 0.615. The van der Waals surface area contributed by atoms with Crippen molar-refractivity contribution in [2.45, 2.75) is 63.8 Å². The van der Waals surface area contributed by atoms with E-state index in [4.69, 9.17) is 23.2 Å². The van der Waals surface area contributed by atoms with E-state index in [2.05, 4.69) is 62.0 Å². The highest BCUT2D eigenvalue weighted by molar-refractivity contribution is 7.98. The number of aryl methyl sites for hydroxylation is 1. The Kier molecular flexibility index (Phi) is 12.2. The second-order valence-electron chi connectivity index (χ2n) is 10.5. The minimum Gasteiger partial charge on any atom is -0.543 e. The molecule has 1 aromatic carbocycles. The molecule has 0 saturated heterocycles. The minimum absolute atomic E-state index is 0.0563. The van der Waals surface area contributed by atoms with E-state index in [-0.39, 0.29) is 23.4 Å². The summed E-state index contributed by atoms with van der Waals surface area (Å²) in [7, 11) is 0.867. The summed E-state index contributed by atoms with van der Waals surface area (Å²) in [4.78, 5) is 29.8. The highest BCUT2D eigenvalue weighted by atomic mass is 32.2. The van der Waals surface area contributed by atoms with Crippen molar-refractivity contribution in [1.82, 2.24) is 15.5 Å². The van der Waals surface area contributed by atoms with Gasteiger partial charge in [0.25, 0.3) is 0 Å². The van der Waals surface area contributed by atoms with Gasteiger partial charge in [-0.15, -0.1) is 0 Å². The van der Waals surface area contributed by atoms with E-state index in [9.17, 15) is 9.59 Å². The van der Waals surface area contributed by atoms with Crippen LogP contribution in [0.3, 0.4) is 0 Å². The number of benzene rings is 1. The second kappa shape index (κ2) is 14.4. The van der Waals surface area contributed by atoms with Crippen LogP contribution in [0.1, 0.15) is 59.2 Å². The number of amides is 1. The van der Waals surface area contributed by atoms with Crippen LogP contribution in [0.2, 0.25) is 18.1 Å². The number of hydrogen-bond acceptors (Lipinski definition) is 11. The second-order valence-corrected chi connectivity index (χ2v) is 16.8. The third kappa shape index (κ3) is 8.89. The molecule has 218 valence electrons. The van der Waals surface area contributed by atoms with Gasteiger partial charge < -0.3 is 28.5 Å². The zero-order chi connectivity index (χ0) is 29.4. The van der Waals surface area contributed by atoms with E-state index in [0.717, 1.165) is 5.56 Å². The monoisotopic (exact) mass is 599 g/mol. The van der Waals surface area contributed by atoms with Gasteiger partial charge in [-0.25, -0.2) is 4.79 Å². The van der Waals surface area contributed by atoms with Crippen molar-refractivity contribution < 1.29 is 32.7 Å². The number of thioether (sulfide) groups is 1. The summed E-state index contributed by atoms with van der Waals surface area (Å²) in [6.07, 6.45) is 0. The van der Waals surface area contributed by atoms with E-state index in [1.54, 1.807) is 32.9 Å². The maximum absolute atomic E-state index is 13.3. The van der Waals surface area contributed by atoms with Crippen LogP contribution in [0.4, 0.5) is 0 Å². The first kappa shape index (κ1) is 33.0. The molecule has 1 heterocycles. The van der Waals surface area contributed by atoms with Crippen LogP contribution in [0.5, 0.6) is 11.5 Å². The standard InChI is InChI=1S/C26H41N3O7S2Si/c1-16-19(33-7)14-20(36-39(8,9)26(3,4)5)18(21(16)25(31)34-12-11-32-6)15-38-13-10-27-23(30)22(37)24-28-17(2)29-35-24/h14,22,37H,10-13,15H2,1-9H3,(H,27,30). The molecule has 1 aromatic heterocycles. The molecule has 1 amide bonds. The van der Waals surface area contributed by atoms with Crippen molar-refractivity contribution in [2.75, 3.05) is 39.7 Å². The summed E-state index contributed by atoms with van der Waals surface area (Å²) in [6.45, 7) is 15.1. The third-order valence-electron chi connectivity index (χ3n) is 6.54.